The Labute approximate surface area is 165 Å². The number of benzene rings is 1. The topological polar surface area (TPSA) is 56.7 Å². The number of hydrogen-bond acceptors (Lipinski definition) is 2. The Morgan fingerprint density at radius 3 is 2.75 bits per heavy atom. The van der Waals surface area contributed by atoms with Crippen molar-refractivity contribution in [2.24, 2.45) is 10.9 Å². The molecule has 0 spiro atoms. The lowest BCUT2D eigenvalue weighted by atomic mass is 10.1. The predicted octanol–water partition coefficient (Wildman–Crippen LogP) is 2.85. The van der Waals surface area contributed by atoms with Crippen LogP contribution in [0.4, 0.5) is 8.78 Å². The minimum Gasteiger partial charge on any atom is -0.357 e. The van der Waals surface area contributed by atoms with Gasteiger partial charge < -0.3 is 15.5 Å². The monoisotopic (exact) mass is 392 g/mol. The first-order valence-electron chi connectivity index (χ1n) is 10.3. The lowest BCUT2D eigenvalue weighted by Gasteiger charge is -2.21. The fraction of sp³-hybridized carbons (Fsp3) is 0.619. The number of aliphatic imine (C=N–C) groups is 1. The van der Waals surface area contributed by atoms with Crippen molar-refractivity contribution in [2.45, 2.75) is 51.5 Å². The number of carbonyl (C=O) groups excluding carboxylic acids is 1. The Hall–Kier alpha value is -2.18. The summed E-state index contributed by atoms with van der Waals surface area (Å²) in [5, 5.41) is 6.59. The molecule has 0 radical (unpaired) electrons. The van der Waals surface area contributed by atoms with Gasteiger partial charge in [-0.15, -0.1) is 0 Å². The Morgan fingerprint density at radius 2 is 2.04 bits per heavy atom. The van der Waals surface area contributed by atoms with Crippen LogP contribution in [0, 0.1) is 17.6 Å². The van der Waals surface area contributed by atoms with E-state index >= 15 is 0 Å². The number of carbonyl (C=O) groups is 1. The summed E-state index contributed by atoms with van der Waals surface area (Å²) >= 11 is 0. The molecule has 1 saturated carbocycles. The highest BCUT2D eigenvalue weighted by Crippen LogP contribution is 2.27. The van der Waals surface area contributed by atoms with E-state index in [1.165, 1.54) is 12.1 Å². The Bertz CT molecular complexity index is 704. The van der Waals surface area contributed by atoms with Crippen molar-refractivity contribution in [1.29, 1.82) is 0 Å². The highest BCUT2D eigenvalue weighted by Gasteiger charge is 2.32. The van der Waals surface area contributed by atoms with E-state index in [2.05, 4.69) is 15.6 Å². The SMILES string of the molecule is CCNC(=NCCc1ccc(F)cc1F)NC1CCN(C(=O)C2CCCC2)C1. The smallest absolute Gasteiger partial charge is 0.225 e. The highest BCUT2D eigenvalue weighted by atomic mass is 19.1. The van der Waals surface area contributed by atoms with Crippen LogP contribution >= 0.6 is 0 Å². The molecule has 0 bridgehead atoms. The third-order valence-corrected chi connectivity index (χ3v) is 5.56. The van der Waals surface area contributed by atoms with E-state index in [4.69, 9.17) is 0 Å². The van der Waals surface area contributed by atoms with Crippen LogP contribution in [0.2, 0.25) is 0 Å². The van der Waals surface area contributed by atoms with Crippen molar-refractivity contribution in [3.63, 3.8) is 0 Å². The average Bonchev–Trinajstić information content (AvgIpc) is 3.35. The summed E-state index contributed by atoms with van der Waals surface area (Å²) in [6, 6.07) is 3.80. The van der Waals surface area contributed by atoms with Crippen LogP contribution < -0.4 is 10.6 Å². The van der Waals surface area contributed by atoms with Crippen LogP contribution in [0.3, 0.4) is 0 Å². The van der Waals surface area contributed by atoms with E-state index in [0.29, 0.717) is 43.5 Å². The highest BCUT2D eigenvalue weighted by molar-refractivity contribution is 5.81. The lowest BCUT2D eigenvalue weighted by molar-refractivity contribution is -0.134. The van der Waals surface area contributed by atoms with Gasteiger partial charge in [0, 0.05) is 44.2 Å². The van der Waals surface area contributed by atoms with Crippen molar-refractivity contribution in [2.75, 3.05) is 26.2 Å². The molecule has 2 N–H and O–H groups in total. The molecule has 1 heterocycles. The molecule has 2 fully saturated rings. The van der Waals surface area contributed by atoms with Crippen LogP contribution in [-0.2, 0) is 11.2 Å². The summed E-state index contributed by atoms with van der Waals surface area (Å²) in [4.78, 5) is 19.1. The van der Waals surface area contributed by atoms with E-state index in [1.54, 1.807) is 0 Å². The lowest BCUT2D eigenvalue weighted by Crippen LogP contribution is -2.45. The van der Waals surface area contributed by atoms with Gasteiger partial charge in [0.25, 0.3) is 0 Å². The number of nitrogens with one attached hydrogen (secondary N) is 2. The summed E-state index contributed by atoms with van der Waals surface area (Å²) in [5.41, 5.74) is 0.454. The third kappa shape index (κ3) is 5.42. The van der Waals surface area contributed by atoms with Gasteiger partial charge in [0.05, 0.1) is 0 Å². The van der Waals surface area contributed by atoms with Gasteiger partial charge in [0.1, 0.15) is 11.6 Å². The molecule has 5 nitrogen and oxygen atoms in total. The molecule has 1 aromatic carbocycles. The zero-order valence-corrected chi connectivity index (χ0v) is 16.5. The molecular formula is C21H30F2N4O. The first kappa shape index (κ1) is 20.6. The normalized spacial score (nSPS) is 20.6. The molecule has 0 aromatic heterocycles. The van der Waals surface area contributed by atoms with Gasteiger partial charge >= 0.3 is 0 Å². The predicted molar refractivity (Wildman–Crippen MR) is 106 cm³/mol. The van der Waals surface area contributed by atoms with E-state index < -0.39 is 11.6 Å². The number of hydrogen-bond donors (Lipinski definition) is 2. The van der Waals surface area contributed by atoms with Crippen molar-refractivity contribution < 1.29 is 13.6 Å². The van der Waals surface area contributed by atoms with Crippen molar-refractivity contribution >= 4 is 11.9 Å². The second-order valence-corrected chi connectivity index (χ2v) is 7.64. The molecule has 1 aromatic rings. The maximum atomic E-state index is 13.7. The molecule has 1 unspecified atom stereocenters. The van der Waals surface area contributed by atoms with Crippen LogP contribution in [0.5, 0.6) is 0 Å². The maximum absolute atomic E-state index is 13.7. The van der Waals surface area contributed by atoms with Gasteiger partial charge in [0.2, 0.25) is 5.91 Å². The van der Waals surface area contributed by atoms with Gasteiger partial charge in [-0.05, 0) is 44.2 Å². The quantitative estimate of drug-likeness (QED) is 0.578. The van der Waals surface area contributed by atoms with Crippen LogP contribution in [0.1, 0.15) is 44.6 Å². The van der Waals surface area contributed by atoms with Crippen LogP contribution in [-0.4, -0.2) is 49.0 Å². The molecule has 154 valence electrons. The minimum atomic E-state index is -0.572. The van der Waals surface area contributed by atoms with Crippen LogP contribution in [0.25, 0.3) is 0 Å². The van der Waals surface area contributed by atoms with Gasteiger partial charge in [-0.3, -0.25) is 9.79 Å². The molecule has 28 heavy (non-hydrogen) atoms. The van der Waals surface area contributed by atoms with Gasteiger partial charge in [0.15, 0.2) is 5.96 Å². The van der Waals surface area contributed by atoms with E-state index in [0.717, 1.165) is 44.7 Å². The number of nitrogens with zero attached hydrogens (tertiary/aromatic N) is 2. The first-order valence-corrected chi connectivity index (χ1v) is 10.3. The number of halogens is 2. The third-order valence-electron chi connectivity index (χ3n) is 5.56. The molecule has 2 aliphatic rings. The Kier molecular flexibility index (Phi) is 7.23. The van der Waals surface area contributed by atoms with Gasteiger partial charge in [-0.1, -0.05) is 18.9 Å². The van der Waals surface area contributed by atoms with Gasteiger partial charge in [-0.2, -0.15) is 0 Å². The maximum Gasteiger partial charge on any atom is 0.225 e. The molecule has 1 aliphatic heterocycles. The number of amides is 1. The van der Waals surface area contributed by atoms with Gasteiger partial charge in [-0.25, -0.2) is 8.78 Å². The number of guanidine groups is 1. The zero-order chi connectivity index (χ0) is 19.9. The molecule has 1 amide bonds. The molecule has 1 aliphatic carbocycles. The summed E-state index contributed by atoms with van der Waals surface area (Å²) in [6.07, 6.45) is 5.68. The average molecular weight is 392 g/mol. The Morgan fingerprint density at radius 1 is 1.25 bits per heavy atom. The summed E-state index contributed by atoms with van der Waals surface area (Å²) < 4.78 is 26.7. The van der Waals surface area contributed by atoms with Crippen molar-refractivity contribution in [3.05, 3.63) is 35.4 Å². The first-order chi connectivity index (χ1) is 13.6. The standard InChI is InChI=1S/C21H30F2N4O/c1-2-24-21(25-11-9-15-7-8-17(22)13-19(15)23)26-18-10-12-27(14-18)20(28)16-5-3-4-6-16/h7-8,13,16,18H,2-6,9-12,14H2,1H3,(H2,24,25,26). The Balaban J connectivity index is 1.51. The minimum absolute atomic E-state index is 0.172. The van der Waals surface area contributed by atoms with E-state index in [-0.39, 0.29) is 12.0 Å². The molecule has 3 rings (SSSR count). The fourth-order valence-corrected chi connectivity index (χ4v) is 4.04. The second kappa shape index (κ2) is 9.85. The number of rotatable bonds is 6. The molecule has 1 atom stereocenters. The molecule has 1 saturated heterocycles. The largest absolute Gasteiger partial charge is 0.357 e. The summed E-state index contributed by atoms with van der Waals surface area (Å²) in [5.74, 6) is 0.0784. The van der Waals surface area contributed by atoms with Crippen molar-refractivity contribution in [3.8, 4) is 0 Å². The fourth-order valence-electron chi connectivity index (χ4n) is 4.04. The molecule has 7 heteroatoms. The number of likely N-dealkylation sites (tertiary alicyclic amines) is 1. The van der Waals surface area contributed by atoms with E-state index in [9.17, 15) is 13.6 Å². The van der Waals surface area contributed by atoms with Crippen molar-refractivity contribution in [1.82, 2.24) is 15.5 Å². The second-order valence-electron chi connectivity index (χ2n) is 7.64. The molecular weight excluding hydrogens is 362 g/mol. The summed E-state index contributed by atoms with van der Waals surface area (Å²) in [7, 11) is 0. The van der Waals surface area contributed by atoms with E-state index in [1.807, 2.05) is 11.8 Å². The summed E-state index contributed by atoms with van der Waals surface area (Å²) in [6.45, 7) is 4.59. The van der Waals surface area contributed by atoms with Crippen LogP contribution in [0.15, 0.2) is 23.2 Å². The zero-order valence-electron chi connectivity index (χ0n) is 16.5.